The van der Waals surface area contributed by atoms with Crippen LogP contribution in [0.5, 0.6) is 0 Å². The molecule has 0 aromatic heterocycles. The van der Waals surface area contributed by atoms with Crippen LogP contribution in [-0.4, -0.2) is 29.3 Å². The van der Waals surface area contributed by atoms with Crippen molar-refractivity contribution < 1.29 is 8.85 Å². The lowest BCUT2D eigenvalue weighted by atomic mass is 10.2. The van der Waals surface area contributed by atoms with Gasteiger partial charge in [0.05, 0.1) is 12.7 Å². The van der Waals surface area contributed by atoms with Gasteiger partial charge in [-0.05, 0) is 62.4 Å². The van der Waals surface area contributed by atoms with Crippen LogP contribution in [0.3, 0.4) is 0 Å². The SMILES string of the molecule is C=C(I)C[C@@H](CO[Si](C)(C)C(C)(C)C)O[Si](C)(C)C(C)(C)C. The van der Waals surface area contributed by atoms with Gasteiger partial charge in [-0.15, -0.1) is 0 Å². The minimum Gasteiger partial charge on any atom is -0.414 e. The summed E-state index contributed by atoms with van der Waals surface area (Å²) in [5.41, 5.74) is 0. The van der Waals surface area contributed by atoms with E-state index < -0.39 is 16.6 Å². The molecule has 2 nitrogen and oxygen atoms in total. The highest BCUT2D eigenvalue weighted by atomic mass is 127. The Hall–Kier alpha value is 0.824. The third-order valence-electron chi connectivity index (χ3n) is 5.15. The molecule has 0 aliphatic heterocycles. The van der Waals surface area contributed by atoms with Gasteiger partial charge in [-0.2, -0.15) is 0 Å². The average molecular weight is 457 g/mol. The van der Waals surface area contributed by atoms with Crippen molar-refractivity contribution in [1.82, 2.24) is 0 Å². The van der Waals surface area contributed by atoms with E-state index in [1.54, 1.807) is 0 Å². The minimum atomic E-state index is -1.79. The highest BCUT2D eigenvalue weighted by molar-refractivity contribution is 14.1. The molecule has 0 fully saturated rings. The quantitative estimate of drug-likeness (QED) is 0.312. The van der Waals surface area contributed by atoms with Crippen LogP contribution >= 0.6 is 22.6 Å². The fraction of sp³-hybridized carbons (Fsp3) is 0.882. The van der Waals surface area contributed by atoms with Crippen LogP contribution in [0.4, 0.5) is 0 Å². The van der Waals surface area contributed by atoms with E-state index in [1.807, 2.05) is 0 Å². The summed E-state index contributed by atoms with van der Waals surface area (Å²) in [7, 11) is -3.52. The summed E-state index contributed by atoms with van der Waals surface area (Å²) in [6.45, 7) is 27.6. The number of hydrogen-bond donors (Lipinski definition) is 0. The van der Waals surface area contributed by atoms with Gasteiger partial charge in [-0.3, -0.25) is 0 Å². The van der Waals surface area contributed by atoms with Gasteiger partial charge < -0.3 is 8.85 Å². The second-order valence-electron chi connectivity index (χ2n) is 9.29. The third kappa shape index (κ3) is 7.15. The topological polar surface area (TPSA) is 18.5 Å². The first-order valence-corrected chi connectivity index (χ1v) is 15.0. The Morgan fingerprint density at radius 3 is 1.68 bits per heavy atom. The molecule has 0 heterocycles. The van der Waals surface area contributed by atoms with Crippen LogP contribution < -0.4 is 0 Å². The van der Waals surface area contributed by atoms with E-state index in [9.17, 15) is 0 Å². The molecule has 0 N–H and O–H groups in total. The van der Waals surface area contributed by atoms with E-state index >= 15 is 0 Å². The highest BCUT2D eigenvalue weighted by Gasteiger charge is 2.41. The maximum Gasteiger partial charge on any atom is 0.192 e. The largest absolute Gasteiger partial charge is 0.414 e. The van der Waals surface area contributed by atoms with Gasteiger partial charge in [0, 0.05) is 6.42 Å². The summed E-state index contributed by atoms with van der Waals surface area (Å²) in [5, 5.41) is 0.449. The highest BCUT2D eigenvalue weighted by Crippen LogP contribution is 2.39. The molecule has 5 heteroatoms. The summed E-state index contributed by atoms with van der Waals surface area (Å²) in [6.07, 6.45) is 1.00. The molecule has 0 radical (unpaired) electrons. The van der Waals surface area contributed by atoms with Crippen LogP contribution in [0.2, 0.25) is 36.3 Å². The summed E-state index contributed by atoms with van der Waals surface area (Å²) < 4.78 is 14.1. The van der Waals surface area contributed by atoms with E-state index in [-0.39, 0.29) is 16.2 Å². The zero-order chi connectivity index (χ0) is 18.0. The van der Waals surface area contributed by atoms with Gasteiger partial charge in [-0.1, -0.05) is 48.1 Å². The van der Waals surface area contributed by atoms with Crippen LogP contribution in [0, 0.1) is 0 Å². The first kappa shape index (κ1) is 22.8. The van der Waals surface area contributed by atoms with Crippen LogP contribution in [-0.2, 0) is 8.85 Å². The van der Waals surface area contributed by atoms with Crippen LogP contribution in [0.15, 0.2) is 10.2 Å². The fourth-order valence-electron chi connectivity index (χ4n) is 1.49. The maximum absolute atomic E-state index is 6.59. The van der Waals surface area contributed by atoms with E-state index in [0.29, 0.717) is 6.61 Å². The smallest absolute Gasteiger partial charge is 0.192 e. The summed E-state index contributed by atoms with van der Waals surface area (Å²) in [4.78, 5) is 0. The number of halogens is 1. The number of rotatable bonds is 7. The molecular weight excluding hydrogens is 419 g/mol. The van der Waals surface area contributed by atoms with Crippen LogP contribution in [0.25, 0.3) is 0 Å². The molecule has 0 rings (SSSR count). The van der Waals surface area contributed by atoms with Crippen molar-refractivity contribution in [2.24, 2.45) is 0 Å². The zero-order valence-corrected chi connectivity index (χ0v) is 20.6. The first-order chi connectivity index (χ1) is 9.49. The average Bonchev–Trinajstić information content (AvgIpc) is 2.21. The van der Waals surface area contributed by atoms with E-state index in [1.165, 1.54) is 0 Å². The molecule has 0 aliphatic carbocycles. The number of hydrogen-bond acceptors (Lipinski definition) is 2. The van der Waals surface area contributed by atoms with Crippen molar-refractivity contribution in [3.63, 3.8) is 0 Å². The fourth-order valence-corrected chi connectivity index (χ4v) is 4.36. The monoisotopic (exact) mass is 456 g/mol. The Morgan fingerprint density at radius 1 is 0.955 bits per heavy atom. The summed E-state index contributed by atoms with van der Waals surface area (Å²) in [5.74, 6) is 0. The Balaban J connectivity index is 4.99. The molecule has 0 spiro atoms. The molecule has 0 saturated carbocycles. The molecule has 0 bridgehead atoms. The first-order valence-electron chi connectivity index (χ1n) is 8.15. The molecule has 0 aliphatic rings. The molecule has 0 aromatic rings. The van der Waals surface area contributed by atoms with Gasteiger partial charge in [0.2, 0.25) is 0 Å². The minimum absolute atomic E-state index is 0.124. The Bertz CT molecular complexity index is 379. The van der Waals surface area contributed by atoms with Gasteiger partial charge >= 0.3 is 0 Å². The van der Waals surface area contributed by atoms with Gasteiger partial charge in [0.25, 0.3) is 0 Å². The Labute approximate surface area is 154 Å². The van der Waals surface area contributed by atoms with Gasteiger partial charge in [0.1, 0.15) is 0 Å². The molecule has 1 atom stereocenters. The van der Waals surface area contributed by atoms with Crippen molar-refractivity contribution in [3.8, 4) is 0 Å². The lowest BCUT2D eigenvalue weighted by Crippen LogP contribution is -2.47. The van der Waals surface area contributed by atoms with Crippen molar-refractivity contribution in [1.29, 1.82) is 0 Å². The summed E-state index contributed by atoms with van der Waals surface area (Å²) in [6, 6.07) is 0. The lowest BCUT2D eigenvalue weighted by Gasteiger charge is -2.41. The molecule has 0 amide bonds. The Morgan fingerprint density at radius 2 is 1.36 bits per heavy atom. The van der Waals surface area contributed by atoms with Crippen molar-refractivity contribution >= 4 is 39.2 Å². The predicted octanol–water partition coefficient (Wildman–Crippen LogP) is 6.74. The van der Waals surface area contributed by atoms with Gasteiger partial charge in [-0.25, -0.2) is 0 Å². The van der Waals surface area contributed by atoms with Crippen LogP contribution in [0.1, 0.15) is 48.0 Å². The second-order valence-corrected chi connectivity index (χ2v) is 20.4. The zero-order valence-electron chi connectivity index (χ0n) is 16.4. The predicted molar refractivity (Wildman–Crippen MR) is 113 cm³/mol. The van der Waals surface area contributed by atoms with E-state index in [2.05, 4.69) is 96.9 Å². The van der Waals surface area contributed by atoms with E-state index in [4.69, 9.17) is 8.85 Å². The Kier molecular flexibility index (Phi) is 8.10. The standard InChI is InChI=1S/C17H37IO2Si2/c1-14(18)12-15(20-22(10,11)17(5,6)7)13-19-21(8,9)16(2,3)4/h15H,1,12-13H2,2-11H3/t15-/m0/s1. The molecule has 22 heavy (non-hydrogen) atoms. The molecule has 0 saturated heterocycles. The molecular formula is C17H37IO2Si2. The normalized spacial score (nSPS) is 15.8. The molecule has 0 unspecified atom stereocenters. The molecule has 0 aromatic carbocycles. The van der Waals surface area contributed by atoms with Gasteiger partial charge in [0.15, 0.2) is 16.6 Å². The molecule has 132 valence electrons. The third-order valence-corrected chi connectivity index (χ3v) is 14.6. The lowest BCUT2D eigenvalue weighted by molar-refractivity contribution is 0.109. The summed E-state index contributed by atoms with van der Waals surface area (Å²) >= 11 is 2.30. The van der Waals surface area contributed by atoms with Crippen molar-refractivity contribution in [2.75, 3.05) is 6.61 Å². The maximum atomic E-state index is 6.59. The van der Waals surface area contributed by atoms with Crippen molar-refractivity contribution in [2.45, 2.75) is 90.3 Å². The van der Waals surface area contributed by atoms with E-state index in [0.717, 1.165) is 10.0 Å². The second kappa shape index (κ2) is 7.80. The van der Waals surface area contributed by atoms with Crippen molar-refractivity contribution in [3.05, 3.63) is 10.2 Å².